The van der Waals surface area contributed by atoms with Crippen LogP contribution >= 0.6 is 11.8 Å². The van der Waals surface area contributed by atoms with Crippen LogP contribution in [0.4, 0.5) is 0 Å². The predicted molar refractivity (Wildman–Crippen MR) is 89.8 cm³/mol. The average Bonchev–Trinajstić information content (AvgIpc) is 2.54. The molecule has 22 heavy (non-hydrogen) atoms. The van der Waals surface area contributed by atoms with E-state index in [0.29, 0.717) is 0 Å². The lowest BCUT2D eigenvalue weighted by atomic mass is 10.0. The fourth-order valence-electron chi connectivity index (χ4n) is 2.42. The summed E-state index contributed by atoms with van der Waals surface area (Å²) in [5.74, 6) is 1.86. The molecule has 0 aliphatic carbocycles. The normalized spacial score (nSPS) is 16.8. The molecule has 0 bridgehead atoms. The highest BCUT2D eigenvalue weighted by Gasteiger charge is 2.28. The number of hydrogen-bond donors (Lipinski definition) is 1. The van der Waals surface area contributed by atoms with Crippen molar-refractivity contribution >= 4 is 23.6 Å². The van der Waals surface area contributed by atoms with Gasteiger partial charge in [-0.05, 0) is 5.56 Å². The second kappa shape index (κ2) is 8.19. The van der Waals surface area contributed by atoms with E-state index in [0.717, 1.165) is 30.2 Å². The van der Waals surface area contributed by atoms with E-state index in [4.69, 9.17) is 0 Å². The fraction of sp³-hybridized carbons (Fsp3) is 0.500. The summed E-state index contributed by atoms with van der Waals surface area (Å²) in [5.41, 5.74) is 0.976. The number of rotatable bonds is 5. The molecule has 0 radical (unpaired) electrons. The van der Waals surface area contributed by atoms with Gasteiger partial charge in [0.2, 0.25) is 11.8 Å². The van der Waals surface area contributed by atoms with E-state index in [-0.39, 0.29) is 24.4 Å². The van der Waals surface area contributed by atoms with Gasteiger partial charge in [0.15, 0.2) is 0 Å². The maximum Gasteiger partial charge on any atom is 0.242 e. The van der Waals surface area contributed by atoms with E-state index in [2.05, 4.69) is 10.2 Å². The van der Waals surface area contributed by atoms with E-state index >= 15 is 0 Å². The quantitative estimate of drug-likeness (QED) is 0.878. The topological polar surface area (TPSA) is 52.7 Å². The summed E-state index contributed by atoms with van der Waals surface area (Å²) in [6, 6.07) is 9.45. The van der Waals surface area contributed by atoms with Crippen LogP contribution in [-0.2, 0) is 9.59 Å². The molecule has 0 saturated carbocycles. The first-order valence-corrected chi connectivity index (χ1v) is 8.59. The second-order valence-corrected chi connectivity index (χ2v) is 6.69. The summed E-state index contributed by atoms with van der Waals surface area (Å²) in [4.78, 5) is 28.0. The van der Waals surface area contributed by atoms with Gasteiger partial charge in [-0.3, -0.25) is 14.5 Å². The summed E-state index contributed by atoms with van der Waals surface area (Å²) in [7, 11) is 3.37. The number of carbonyl (C=O) groups is 2. The van der Waals surface area contributed by atoms with Gasteiger partial charge in [0.1, 0.15) is 6.04 Å². The van der Waals surface area contributed by atoms with Gasteiger partial charge in [0.25, 0.3) is 0 Å². The molecule has 1 aromatic carbocycles. The molecule has 1 atom stereocenters. The van der Waals surface area contributed by atoms with Crippen molar-refractivity contribution < 1.29 is 9.59 Å². The van der Waals surface area contributed by atoms with Crippen LogP contribution in [-0.4, -0.2) is 66.8 Å². The van der Waals surface area contributed by atoms with Crippen LogP contribution in [0, 0.1) is 0 Å². The molecule has 1 aliphatic rings. The molecule has 120 valence electrons. The van der Waals surface area contributed by atoms with Crippen molar-refractivity contribution in [2.24, 2.45) is 0 Å². The number of nitrogens with one attached hydrogen (secondary N) is 1. The maximum atomic E-state index is 12.6. The molecular formula is C16H23N3O2S. The molecule has 0 spiro atoms. The van der Waals surface area contributed by atoms with Crippen LogP contribution in [0.3, 0.4) is 0 Å². The number of amides is 2. The highest BCUT2D eigenvalue weighted by Crippen LogP contribution is 2.24. The standard InChI is InChI=1S/C16H23N3O2S/c1-18(2)14(20)12-17-16(21)15(13-6-4-3-5-7-13)19-8-10-22-11-9-19/h3-7,15H,8-12H2,1-2H3,(H,17,21)/t15-/m0/s1. The molecule has 2 amide bonds. The van der Waals surface area contributed by atoms with Gasteiger partial charge >= 0.3 is 0 Å². The molecular weight excluding hydrogens is 298 g/mol. The van der Waals surface area contributed by atoms with Gasteiger partial charge in [0.05, 0.1) is 6.54 Å². The van der Waals surface area contributed by atoms with Gasteiger partial charge in [0, 0.05) is 38.7 Å². The SMILES string of the molecule is CN(C)C(=O)CNC(=O)[C@H](c1ccccc1)N1CCSCC1. The Morgan fingerprint density at radius 1 is 1.23 bits per heavy atom. The first kappa shape index (κ1) is 16.8. The maximum absolute atomic E-state index is 12.6. The van der Waals surface area contributed by atoms with Gasteiger partial charge in [-0.1, -0.05) is 30.3 Å². The Balaban J connectivity index is 2.10. The summed E-state index contributed by atoms with van der Waals surface area (Å²) in [6.45, 7) is 1.82. The van der Waals surface area contributed by atoms with Gasteiger partial charge < -0.3 is 10.2 Å². The Bertz CT molecular complexity index is 501. The minimum atomic E-state index is -0.322. The van der Waals surface area contributed by atoms with Crippen molar-refractivity contribution in [2.45, 2.75) is 6.04 Å². The van der Waals surface area contributed by atoms with Gasteiger partial charge in [-0.15, -0.1) is 0 Å². The molecule has 1 aliphatic heterocycles. The smallest absolute Gasteiger partial charge is 0.242 e. The number of carbonyl (C=O) groups excluding carboxylic acids is 2. The number of benzene rings is 1. The molecule has 2 rings (SSSR count). The van der Waals surface area contributed by atoms with E-state index in [9.17, 15) is 9.59 Å². The van der Waals surface area contributed by atoms with Crippen molar-refractivity contribution in [1.29, 1.82) is 0 Å². The van der Waals surface area contributed by atoms with Crippen molar-refractivity contribution in [3.8, 4) is 0 Å². The Hall–Kier alpha value is -1.53. The van der Waals surface area contributed by atoms with Gasteiger partial charge in [-0.2, -0.15) is 11.8 Å². The zero-order chi connectivity index (χ0) is 15.9. The monoisotopic (exact) mass is 321 g/mol. The van der Waals surface area contributed by atoms with E-state index in [1.54, 1.807) is 14.1 Å². The molecule has 1 saturated heterocycles. The van der Waals surface area contributed by atoms with Crippen molar-refractivity contribution in [1.82, 2.24) is 15.1 Å². The van der Waals surface area contributed by atoms with Crippen LogP contribution in [0.25, 0.3) is 0 Å². The van der Waals surface area contributed by atoms with Crippen LogP contribution in [0.1, 0.15) is 11.6 Å². The van der Waals surface area contributed by atoms with Gasteiger partial charge in [-0.25, -0.2) is 0 Å². The zero-order valence-electron chi connectivity index (χ0n) is 13.1. The third-order valence-electron chi connectivity index (χ3n) is 3.69. The van der Waals surface area contributed by atoms with E-state index in [1.807, 2.05) is 42.1 Å². The van der Waals surface area contributed by atoms with Crippen LogP contribution in [0.5, 0.6) is 0 Å². The minimum absolute atomic E-state index is 0.0394. The minimum Gasteiger partial charge on any atom is -0.347 e. The van der Waals surface area contributed by atoms with Crippen LogP contribution in [0.15, 0.2) is 30.3 Å². The average molecular weight is 321 g/mol. The molecule has 1 fully saturated rings. The molecule has 1 aromatic rings. The summed E-state index contributed by atoms with van der Waals surface area (Å²) in [5, 5.41) is 2.78. The number of thioether (sulfide) groups is 1. The lowest BCUT2D eigenvalue weighted by Gasteiger charge is -2.33. The molecule has 1 N–H and O–H groups in total. The highest BCUT2D eigenvalue weighted by atomic mass is 32.2. The summed E-state index contributed by atoms with van der Waals surface area (Å²) < 4.78 is 0. The lowest BCUT2D eigenvalue weighted by Crippen LogP contribution is -2.46. The number of likely N-dealkylation sites (N-methyl/N-ethyl adjacent to an activating group) is 1. The molecule has 6 heteroatoms. The van der Waals surface area contributed by atoms with Crippen LogP contribution in [0.2, 0.25) is 0 Å². The Morgan fingerprint density at radius 3 is 2.45 bits per heavy atom. The van der Waals surface area contributed by atoms with Crippen LogP contribution < -0.4 is 5.32 Å². The fourth-order valence-corrected chi connectivity index (χ4v) is 3.35. The summed E-state index contributed by atoms with van der Waals surface area (Å²) >= 11 is 1.91. The Morgan fingerprint density at radius 2 is 1.86 bits per heavy atom. The first-order valence-electron chi connectivity index (χ1n) is 7.44. The zero-order valence-corrected chi connectivity index (χ0v) is 13.9. The molecule has 0 aromatic heterocycles. The molecule has 0 unspecified atom stereocenters. The third-order valence-corrected chi connectivity index (χ3v) is 4.63. The molecule has 5 nitrogen and oxygen atoms in total. The predicted octanol–water partition coefficient (Wildman–Crippen LogP) is 0.981. The van der Waals surface area contributed by atoms with Crippen molar-refractivity contribution in [2.75, 3.05) is 45.2 Å². The Kier molecular flexibility index (Phi) is 6.27. The summed E-state index contributed by atoms with van der Waals surface area (Å²) in [6.07, 6.45) is 0. The van der Waals surface area contributed by atoms with E-state index in [1.165, 1.54) is 4.90 Å². The van der Waals surface area contributed by atoms with Crippen molar-refractivity contribution in [3.05, 3.63) is 35.9 Å². The highest BCUT2D eigenvalue weighted by molar-refractivity contribution is 7.99. The van der Waals surface area contributed by atoms with E-state index < -0.39 is 0 Å². The molecule has 1 heterocycles. The Labute approximate surface area is 136 Å². The third kappa shape index (κ3) is 4.48. The second-order valence-electron chi connectivity index (χ2n) is 5.47. The largest absolute Gasteiger partial charge is 0.347 e. The number of hydrogen-bond acceptors (Lipinski definition) is 4. The number of nitrogens with zero attached hydrogens (tertiary/aromatic N) is 2. The van der Waals surface area contributed by atoms with Crippen molar-refractivity contribution in [3.63, 3.8) is 0 Å². The lowest BCUT2D eigenvalue weighted by molar-refractivity contribution is -0.133. The first-order chi connectivity index (χ1) is 10.6.